The van der Waals surface area contributed by atoms with Crippen molar-refractivity contribution in [3.63, 3.8) is 0 Å². The van der Waals surface area contributed by atoms with Gasteiger partial charge in [0.05, 0.1) is 0 Å². The Bertz CT molecular complexity index is 885. The quantitative estimate of drug-likeness (QED) is 0.750. The van der Waals surface area contributed by atoms with Crippen LogP contribution in [-0.4, -0.2) is 17.4 Å². The van der Waals surface area contributed by atoms with Gasteiger partial charge in [-0.05, 0) is 42.5 Å². The summed E-state index contributed by atoms with van der Waals surface area (Å²) in [6, 6.07) is 6.33. The van der Waals surface area contributed by atoms with Gasteiger partial charge in [0, 0.05) is 11.1 Å². The van der Waals surface area contributed by atoms with Crippen LogP contribution in [0.4, 0.5) is 22.0 Å². The molecule has 0 heterocycles. The lowest BCUT2D eigenvalue weighted by atomic mass is 10.0. The second kappa shape index (κ2) is 6.01. The number of alkyl halides is 5. The van der Waals surface area contributed by atoms with Gasteiger partial charge in [-0.15, -0.1) is 13.2 Å². The van der Waals surface area contributed by atoms with Gasteiger partial charge in [0.1, 0.15) is 22.8 Å². The highest BCUT2D eigenvalue weighted by Crippen LogP contribution is 2.43. The summed E-state index contributed by atoms with van der Waals surface area (Å²) in [4.78, 5) is 11.5. The van der Waals surface area contributed by atoms with E-state index in [2.05, 4.69) is 4.74 Å². The van der Waals surface area contributed by atoms with E-state index in [0.717, 1.165) is 42.5 Å². The van der Waals surface area contributed by atoms with Gasteiger partial charge in [0.25, 0.3) is 5.92 Å². The van der Waals surface area contributed by atoms with E-state index in [0.29, 0.717) is 6.08 Å². The van der Waals surface area contributed by atoms with Crippen molar-refractivity contribution >= 4 is 12.0 Å². The number of benzene rings is 2. The molecular weight excluding hydrogens is 363 g/mol. The predicted octanol–water partition coefficient (Wildman–Crippen LogP) is 5.19. The Labute approximate surface area is 143 Å². The summed E-state index contributed by atoms with van der Waals surface area (Å²) >= 11 is 0. The molecule has 0 atom stereocenters. The van der Waals surface area contributed by atoms with Crippen LogP contribution >= 0.6 is 0 Å². The molecule has 0 radical (unpaired) electrons. The molecule has 0 unspecified atom stereocenters. The summed E-state index contributed by atoms with van der Waals surface area (Å²) in [6.07, 6.45) is -3.28. The number of carboxylic acids is 1. The third-order valence-electron chi connectivity index (χ3n) is 3.52. The summed E-state index contributed by atoms with van der Waals surface area (Å²) in [5.74, 6) is -5.45. The van der Waals surface area contributed by atoms with Crippen molar-refractivity contribution in [1.82, 2.24) is 0 Å². The van der Waals surface area contributed by atoms with E-state index < -0.39 is 35.1 Å². The normalized spacial score (nSPS) is 14.8. The Hall–Kier alpha value is -3.10. The molecule has 26 heavy (non-hydrogen) atoms. The number of hydrogen-bond acceptors (Lipinski definition) is 3. The first-order chi connectivity index (χ1) is 12.1. The molecule has 0 fully saturated rings. The molecule has 0 aromatic heterocycles. The smallest absolute Gasteiger partial charge is 0.478 e. The molecule has 9 heteroatoms. The maximum Gasteiger partial charge on any atom is 0.573 e. The molecule has 136 valence electrons. The van der Waals surface area contributed by atoms with E-state index in [1.165, 1.54) is 0 Å². The Morgan fingerprint density at radius 3 is 2.19 bits per heavy atom. The van der Waals surface area contributed by atoms with E-state index in [-0.39, 0.29) is 17.1 Å². The summed E-state index contributed by atoms with van der Waals surface area (Å²) in [5.41, 5.74) is -1.11. The maximum absolute atomic E-state index is 13.7. The van der Waals surface area contributed by atoms with Crippen LogP contribution < -0.4 is 9.47 Å². The monoisotopic (exact) mass is 372 g/mol. The number of rotatable bonds is 4. The Kier molecular flexibility index (Phi) is 4.09. The molecular formula is C17H9F5O4. The lowest BCUT2D eigenvalue weighted by Crippen LogP contribution is -2.16. The molecule has 0 saturated carbocycles. The topological polar surface area (TPSA) is 55.8 Å². The lowest BCUT2D eigenvalue weighted by molar-refractivity contribution is -0.274. The number of allylic oxidation sites excluding steroid dienone is 1. The molecule has 0 bridgehead atoms. The zero-order valence-corrected chi connectivity index (χ0v) is 12.7. The number of hydrogen-bond donors (Lipinski definition) is 1. The van der Waals surface area contributed by atoms with Gasteiger partial charge in [0.2, 0.25) is 0 Å². The molecule has 0 aliphatic heterocycles. The van der Waals surface area contributed by atoms with E-state index >= 15 is 0 Å². The first kappa shape index (κ1) is 17.7. The number of carboxylic acid groups (broad SMARTS) is 1. The zero-order valence-electron chi connectivity index (χ0n) is 12.7. The van der Waals surface area contributed by atoms with E-state index in [4.69, 9.17) is 4.74 Å². The Morgan fingerprint density at radius 1 is 1.00 bits per heavy atom. The first-order valence-corrected chi connectivity index (χ1v) is 7.08. The highest BCUT2D eigenvalue weighted by Gasteiger charge is 2.38. The van der Waals surface area contributed by atoms with Crippen LogP contribution in [0, 0.1) is 0 Å². The summed E-state index contributed by atoms with van der Waals surface area (Å²) in [6.45, 7) is 0. The average Bonchev–Trinajstić information content (AvgIpc) is 2.82. The fourth-order valence-electron chi connectivity index (χ4n) is 2.48. The molecule has 0 spiro atoms. The molecule has 4 nitrogen and oxygen atoms in total. The van der Waals surface area contributed by atoms with Gasteiger partial charge >= 0.3 is 12.3 Å². The van der Waals surface area contributed by atoms with Gasteiger partial charge < -0.3 is 14.6 Å². The van der Waals surface area contributed by atoms with Gasteiger partial charge in [-0.2, -0.15) is 8.78 Å². The van der Waals surface area contributed by atoms with Crippen LogP contribution in [0.25, 0.3) is 6.08 Å². The average molecular weight is 372 g/mol. The summed E-state index contributed by atoms with van der Waals surface area (Å²) in [7, 11) is 0. The summed E-state index contributed by atoms with van der Waals surface area (Å²) < 4.78 is 72.9. The van der Waals surface area contributed by atoms with E-state index in [9.17, 15) is 31.9 Å². The number of carbonyl (C=O) groups is 1. The van der Waals surface area contributed by atoms with Crippen molar-refractivity contribution in [1.29, 1.82) is 0 Å². The van der Waals surface area contributed by atoms with E-state index in [1.54, 1.807) is 0 Å². The molecule has 1 aliphatic carbocycles. The Morgan fingerprint density at radius 2 is 1.62 bits per heavy atom. The first-order valence-electron chi connectivity index (χ1n) is 7.08. The third kappa shape index (κ3) is 3.46. The molecule has 1 aliphatic rings. The van der Waals surface area contributed by atoms with Crippen LogP contribution in [-0.2, 0) is 5.92 Å². The van der Waals surface area contributed by atoms with Crippen LogP contribution in [0.2, 0.25) is 0 Å². The minimum absolute atomic E-state index is 0.00992. The number of aromatic carboxylic acids is 1. The lowest BCUT2D eigenvalue weighted by Gasteiger charge is -2.15. The molecule has 0 amide bonds. The van der Waals surface area contributed by atoms with Gasteiger partial charge in [-0.25, -0.2) is 4.79 Å². The van der Waals surface area contributed by atoms with Crippen LogP contribution in [0.3, 0.4) is 0 Å². The minimum atomic E-state index is -4.85. The summed E-state index contributed by atoms with van der Waals surface area (Å²) in [5, 5.41) is 9.35. The van der Waals surface area contributed by atoms with Crippen molar-refractivity contribution in [3.8, 4) is 17.2 Å². The SMILES string of the molecule is O=C(O)c1c(Oc2ccc(OC(F)(F)F)cc2)ccc2c1C=CC2(F)F. The molecule has 1 N–H and O–H groups in total. The van der Waals surface area contributed by atoms with Crippen LogP contribution in [0.5, 0.6) is 17.2 Å². The van der Waals surface area contributed by atoms with Crippen molar-refractivity contribution in [3.05, 3.63) is 59.2 Å². The molecule has 0 saturated heterocycles. The number of halogens is 5. The fourth-order valence-corrected chi connectivity index (χ4v) is 2.48. The molecule has 2 aromatic carbocycles. The van der Waals surface area contributed by atoms with Crippen molar-refractivity contribution in [2.45, 2.75) is 12.3 Å². The number of ether oxygens (including phenoxy) is 2. The van der Waals surface area contributed by atoms with Crippen molar-refractivity contribution in [2.75, 3.05) is 0 Å². The second-order valence-electron chi connectivity index (χ2n) is 5.28. The van der Waals surface area contributed by atoms with Crippen LogP contribution in [0.1, 0.15) is 21.5 Å². The van der Waals surface area contributed by atoms with Crippen LogP contribution in [0.15, 0.2) is 42.5 Å². The fraction of sp³-hybridized carbons (Fsp3) is 0.118. The Balaban J connectivity index is 1.91. The highest BCUT2D eigenvalue weighted by molar-refractivity contribution is 5.97. The van der Waals surface area contributed by atoms with Gasteiger partial charge in [-0.1, -0.05) is 6.08 Å². The standard InChI is InChI=1S/C17H9F5O4/c18-16(19)8-7-11-12(16)5-6-13(14(11)15(23)24)25-9-1-3-10(4-2-9)26-17(20,21)22/h1-8H,(H,23,24). The third-order valence-corrected chi connectivity index (χ3v) is 3.52. The van der Waals surface area contributed by atoms with Crippen molar-refractivity contribution in [2.24, 2.45) is 0 Å². The number of fused-ring (bicyclic) bond motifs is 1. The molecule has 3 rings (SSSR count). The maximum atomic E-state index is 13.7. The predicted molar refractivity (Wildman–Crippen MR) is 79.5 cm³/mol. The highest BCUT2D eigenvalue weighted by atomic mass is 19.4. The largest absolute Gasteiger partial charge is 0.573 e. The van der Waals surface area contributed by atoms with E-state index in [1.807, 2.05) is 0 Å². The van der Waals surface area contributed by atoms with Gasteiger partial charge in [-0.3, -0.25) is 0 Å². The van der Waals surface area contributed by atoms with Gasteiger partial charge in [0.15, 0.2) is 0 Å². The zero-order chi connectivity index (χ0) is 19.1. The molecule has 2 aromatic rings. The second-order valence-corrected chi connectivity index (χ2v) is 5.28. The minimum Gasteiger partial charge on any atom is -0.478 e. The van der Waals surface area contributed by atoms with Crippen molar-refractivity contribution < 1.29 is 41.3 Å².